The largest absolute Gasteiger partial charge is 0.381 e. The Morgan fingerprint density at radius 3 is 2.45 bits per heavy atom. The molecule has 0 aromatic heterocycles. The lowest BCUT2D eigenvalue weighted by Crippen LogP contribution is -2.35. The highest BCUT2D eigenvalue weighted by atomic mass is 16.5. The minimum absolute atomic E-state index is 0.0204. The maximum atomic E-state index is 11.7. The van der Waals surface area contributed by atoms with Crippen molar-refractivity contribution in [3.05, 3.63) is 0 Å². The molecule has 0 spiro atoms. The smallest absolute Gasteiger partial charge is 0.222 e. The number of amides is 2. The molecule has 0 aromatic carbocycles. The van der Waals surface area contributed by atoms with Crippen LogP contribution in [-0.4, -0.2) is 63.7 Å². The number of nitrogens with zero attached hydrogens (tertiary/aromatic N) is 1. The number of hydrogen-bond acceptors (Lipinski definition) is 4. The standard InChI is InChI=1S/C14H29N3O3/c1-12(14(19)16-8-9-17(3)4)6-11-20-10-5-7-15-13(2)18/h12H,5-11H2,1-4H3,(H,15,18)(H,16,19). The van der Waals surface area contributed by atoms with Crippen LogP contribution in [0, 0.1) is 5.92 Å². The summed E-state index contributed by atoms with van der Waals surface area (Å²) in [6.07, 6.45) is 1.51. The Bertz CT molecular complexity index is 283. The van der Waals surface area contributed by atoms with Crippen molar-refractivity contribution >= 4 is 11.8 Å². The van der Waals surface area contributed by atoms with Crippen LogP contribution in [0.25, 0.3) is 0 Å². The van der Waals surface area contributed by atoms with Crippen molar-refractivity contribution in [2.24, 2.45) is 5.92 Å². The predicted molar refractivity (Wildman–Crippen MR) is 79.5 cm³/mol. The van der Waals surface area contributed by atoms with Gasteiger partial charge in [-0.15, -0.1) is 0 Å². The maximum Gasteiger partial charge on any atom is 0.222 e. The molecule has 20 heavy (non-hydrogen) atoms. The molecular weight excluding hydrogens is 258 g/mol. The second-order valence-corrected chi connectivity index (χ2v) is 5.23. The molecule has 118 valence electrons. The third kappa shape index (κ3) is 11.9. The number of carbonyl (C=O) groups is 2. The predicted octanol–water partition coefficient (Wildman–Crippen LogP) is 0.233. The van der Waals surface area contributed by atoms with Gasteiger partial charge in [0.1, 0.15) is 0 Å². The molecular formula is C14H29N3O3. The summed E-state index contributed by atoms with van der Waals surface area (Å²) < 4.78 is 5.44. The van der Waals surface area contributed by atoms with Gasteiger partial charge >= 0.3 is 0 Å². The molecule has 1 unspecified atom stereocenters. The molecule has 6 heteroatoms. The monoisotopic (exact) mass is 287 g/mol. The molecule has 6 nitrogen and oxygen atoms in total. The molecule has 2 amide bonds. The van der Waals surface area contributed by atoms with E-state index < -0.39 is 0 Å². The first kappa shape index (κ1) is 18.9. The topological polar surface area (TPSA) is 70.7 Å². The first-order chi connectivity index (χ1) is 9.43. The van der Waals surface area contributed by atoms with E-state index in [1.165, 1.54) is 6.92 Å². The van der Waals surface area contributed by atoms with Gasteiger partial charge in [-0.3, -0.25) is 9.59 Å². The van der Waals surface area contributed by atoms with Gasteiger partial charge < -0.3 is 20.3 Å². The highest BCUT2D eigenvalue weighted by molar-refractivity contribution is 5.78. The van der Waals surface area contributed by atoms with Crippen molar-refractivity contribution in [2.75, 3.05) is 46.9 Å². The SMILES string of the molecule is CC(=O)NCCCOCCC(C)C(=O)NCCN(C)C. The van der Waals surface area contributed by atoms with Gasteiger partial charge in [0.05, 0.1) is 0 Å². The minimum Gasteiger partial charge on any atom is -0.381 e. The van der Waals surface area contributed by atoms with E-state index in [-0.39, 0.29) is 17.7 Å². The van der Waals surface area contributed by atoms with Gasteiger partial charge in [-0.2, -0.15) is 0 Å². The Morgan fingerprint density at radius 1 is 1.15 bits per heavy atom. The van der Waals surface area contributed by atoms with E-state index in [1.807, 2.05) is 25.9 Å². The summed E-state index contributed by atoms with van der Waals surface area (Å²) in [5.41, 5.74) is 0. The molecule has 0 aliphatic rings. The average molecular weight is 287 g/mol. The van der Waals surface area contributed by atoms with Crippen LogP contribution in [0.1, 0.15) is 26.7 Å². The third-order valence-corrected chi connectivity index (χ3v) is 2.84. The van der Waals surface area contributed by atoms with Gasteiger partial charge in [0.2, 0.25) is 11.8 Å². The Hall–Kier alpha value is -1.14. The van der Waals surface area contributed by atoms with Gasteiger partial charge in [0, 0.05) is 45.7 Å². The fourth-order valence-corrected chi connectivity index (χ4v) is 1.51. The average Bonchev–Trinajstić information content (AvgIpc) is 2.36. The number of carbonyl (C=O) groups excluding carboxylic acids is 2. The summed E-state index contributed by atoms with van der Waals surface area (Å²) in [6, 6.07) is 0. The fourth-order valence-electron chi connectivity index (χ4n) is 1.51. The van der Waals surface area contributed by atoms with Crippen molar-refractivity contribution in [3.8, 4) is 0 Å². The van der Waals surface area contributed by atoms with Crippen LogP contribution in [0.3, 0.4) is 0 Å². The summed E-state index contributed by atoms with van der Waals surface area (Å²) in [5.74, 6) is 0.0224. The highest BCUT2D eigenvalue weighted by Crippen LogP contribution is 2.02. The first-order valence-corrected chi connectivity index (χ1v) is 7.18. The maximum absolute atomic E-state index is 11.7. The van der Waals surface area contributed by atoms with Crippen molar-refractivity contribution < 1.29 is 14.3 Å². The summed E-state index contributed by atoms with van der Waals surface area (Å²) in [7, 11) is 3.95. The highest BCUT2D eigenvalue weighted by Gasteiger charge is 2.11. The zero-order valence-corrected chi connectivity index (χ0v) is 13.2. The molecule has 0 radical (unpaired) electrons. The number of nitrogens with one attached hydrogen (secondary N) is 2. The molecule has 0 aliphatic carbocycles. The van der Waals surface area contributed by atoms with E-state index in [4.69, 9.17) is 4.74 Å². The zero-order chi connectivity index (χ0) is 15.4. The third-order valence-electron chi connectivity index (χ3n) is 2.84. The van der Waals surface area contributed by atoms with Crippen molar-refractivity contribution in [1.29, 1.82) is 0 Å². The molecule has 2 N–H and O–H groups in total. The molecule has 0 saturated heterocycles. The van der Waals surface area contributed by atoms with Gasteiger partial charge in [-0.1, -0.05) is 6.92 Å². The molecule has 1 atom stereocenters. The lowest BCUT2D eigenvalue weighted by molar-refractivity contribution is -0.125. The molecule has 0 bridgehead atoms. The van der Waals surface area contributed by atoms with Gasteiger partial charge in [0.15, 0.2) is 0 Å². The normalized spacial score (nSPS) is 12.2. The molecule has 0 fully saturated rings. The molecule has 0 heterocycles. The van der Waals surface area contributed by atoms with E-state index >= 15 is 0 Å². The number of likely N-dealkylation sites (N-methyl/N-ethyl adjacent to an activating group) is 1. The van der Waals surface area contributed by atoms with Crippen LogP contribution < -0.4 is 10.6 Å². The second kappa shape index (κ2) is 11.7. The van der Waals surface area contributed by atoms with Crippen molar-refractivity contribution in [3.63, 3.8) is 0 Å². The van der Waals surface area contributed by atoms with Crippen LogP contribution in [0.2, 0.25) is 0 Å². The van der Waals surface area contributed by atoms with E-state index in [9.17, 15) is 9.59 Å². The van der Waals surface area contributed by atoms with E-state index in [0.717, 1.165) is 13.0 Å². The Balaban J connectivity index is 3.45. The van der Waals surface area contributed by atoms with Gasteiger partial charge in [0.25, 0.3) is 0 Å². The van der Waals surface area contributed by atoms with Crippen molar-refractivity contribution in [2.45, 2.75) is 26.7 Å². The van der Waals surface area contributed by atoms with Crippen LogP contribution in [0.4, 0.5) is 0 Å². The Kier molecular flexibility index (Phi) is 11.0. The van der Waals surface area contributed by atoms with E-state index in [1.54, 1.807) is 0 Å². The molecule has 0 rings (SSSR count). The van der Waals surface area contributed by atoms with E-state index in [2.05, 4.69) is 10.6 Å². The van der Waals surface area contributed by atoms with E-state index in [0.29, 0.717) is 32.7 Å². The molecule has 0 saturated carbocycles. The molecule has 0 aliphatic heterocycles. The fraction of sp³-hybridized carbons (Fsp3) is 0.857. The Morgan fingerprint density at radius 2 is 1.85 bits per heavy atom. The first-order valence-electron chi connectivity index (χ1n) is 7.18. The van der Waals surface area contributed by atoms with Crippen molar-refractivity contribution in [1.82, 2.24) is 15.5 Å². The summed E-state index contributed by atoms with van der Waals surface area (Å²) in [4.78, 5) is 24.4. The van der Waals surface area contributed by atoms with Gasteiger partial charge in [-0.25, -0.2) is 0 Å². The summed E-state index contributed by atoms with van der Waals surface area (Å²) in [6.45, 7) is 6.74. The Labute approximate surface area is 122 Å². The van der Waals surface area contributed by atoms with Crippen LogP contribution in [-0.2, 0) is 14.3 Å². The molecule has 0 aromatic rings. The van der Waals surface area contributed by atoms with Gasteiger partial charge in [-0.05, 0) is 26.9 Å². The van der Waals surface area contributed by atoms with Crippen LogP contribution >= 0.6 is 0 Å². The number of ether oxygens (including phenoxy) is 1. The minimum atomic E-state index is -0.0347. The van der Waals surface area contributed by atoms with Crippen LogP contribution in [0.15, 0.2) is 0 Å². The second-order valence-electron chi connectivity index (χ2n) is 5.23. The van der Waals surface area contributed by atoms with Crippen LogP contribution in [0.5, 0.6) is 0 Å². The number of rotatable bonds is 11. The lowest BCUT2D eigenvalue weighted by atomic mass is 10.1. The summed E-state index contributed by atoms with van der Waals surface area (Å²) >= 11 is 0. The number of hydrogen-bond donors (Lipinski definition) is 2. The lowest BCUT2D eigenvalue weighted by Gasteiger charge is -2.14. The quantitative estimate of drug-likeness (QED) is 0.534. The summed E-state index contributed by atoms with van der Waals surface area (Å²) in [5, 5.41) is 5.61. The zero-order valence-electron chi connectivity index (χ0n) is 13.2.